The van der Waals surface area contributed by atoms with E-state index >= 15 is 0 Å². The molecule has 0 amide bonds. The summed E-state index contributed by atoms with van der Waals surface area (Å²) in [5, 5.41) is 0. The molecule has 0 aliphatic carbocycles. The van der Waals surface area contributed by atoms with Crippen molar-refractivity contribution in [3.63, 3.8) is 0 Å². The molecule has 0 bridgehead atoms. The third-order valence-electron chi connectivity index (χ3n) is 11.6. The molecule has 0 radical (unpaired) electrons. The van der Waals surface area contributed by atoms with Gasteiger partial charge in [0.1, 0.15) is 6.61 Å². The molecule has 5 nitrogen and oxygen atoms in total. The Bertz CT molecular complexity index is 1270. The predicted molar refractivity (Wildman–Crippen MR) is 288 cm³/mol. The van der Waals surface area contributed by atoms with Crippen LogP contribution in [0.3, 0.4) is 0 Å². The number of rotatable bonds is 50. The second-order valence-electron chi connectivity index (χ2n) is 18.1. The van der Waals surface area contributed by atoms with Crippen LogP contribution in [0.1, 0.15) is 252 Å². The van der Waals surface area contributed by atoms with Crippen LogP contribution in [0.15, 0.2) is 97.2 Å². The number of ether oxygens (including phenoxy) is 3. The van der Waals surface area contributed by atoms with Crippen LogP contribution < -0.4 is 0 Å². The molecule has 0 rings (SSSR count). The Morgan fingerprint density at radius 3 is 1.18 bits per heavy atom. The fourth-order valence-electron chi connectivity index (χ4n) is 7.51. The van der Waals surface area contributed by atoms with Gasteiger partial charge in [0.2, 0.25) is 0 Å². The van der Waals surface area contributed by atoms with Crippen molar-refractivity contribution >= 4 is 11.9 Å². The van der Waals surface area contributed by atoms with Crippen LogP contribution in [-0.2, 0) is 23.8 Å². The van der Waals surface area contributed by atoms with Gasteiger partial charge in [-0.3, -0.25) is 9.59 Å². The first kappa shape index (κ1) is 62.8. The number of carbonyl (C=O) groups excluding carboxylic acids is 2. The number of unbranched alkanes of at least 4 members (excludes halogenated alkanes) is 23. The first-order chi connectivity index (χ1) is 32.6. The Balaban J connectivity index is 4.42. The Morgan fingerprint density at radius 1 is 0.348 bits per heavy atom. The summed E-state index contributed by atoms with van der Waals surface area (Å²) < 4.78 is 17.4. The van der Waals surface area contributed by atoms with Crippen molar-refractivity contribution in [2.24, 2.45) is 0 Å². The highest BCUT2D eigenvalue weighted by Gasteiger charge is 2.17. The van der Waals surface area contributed by atoms with Crippen molar-refractivity contribution in [1.82, 2.24) is 0 Å². The van der Waals surface area contributed by atoms with E-state index in [2.05, 4.69) is 112 Å². The van der Waals surface area contributed by atoms with Crippen molar-refractivity contribution in [2.75, 3.05) is 19.8 Å². The first-order valence-corrected chi connectivity index (χ1v) is 27.8. The van der Waals surface area contributed by atoms with Gasteiger partial charge in [0.25, 0.3) is 0 Å². The van der Waals surface area contributed by atoms with Gasteiger partial charge in [-0.25, -0.2) is 0 Å². The second kappa shape index (κ2) is 56.1. The molecular weight excluding hydrogens is 813 g/mol. The average Bonchev–Trinajstić information content (AvgIpc) is 3.32. The standard InChI is InChI=1S/C61H104O5/c1-4-7-10-13-16-19-22-25-28-30-31-32-34-37-40-43-46-49-52-55-61(63)66-59(57-64-56-53-50-47-44-41-38-35-29-26-23-20-17-14-11-8-5-2)58-65-60(62)54-51-48-45-42-39-36-33-27-24-21-18-15-12-9-6-3/h7,10,16,18-19,21,25,27-28,31-33,37,40,46,49,59H,4-6,8-9,11-15,17,20,22-24,26,29-30,34-36,38-39,41-45,47-48,50-58H2,1-3H3/b10-7-,19-16-,21-18-,28-25-,32-31-,33-27-,40-37-,49-46-/t59-/m1/s1. The van der Waals surface area contributed by atoms with Gasteiger partial charge < -0.3 is 14.2 Å². The maximum atomic E-state index is 12.8. The topological polar surface area (TPSA) is 61.8 Å². The molecule has 1 atom stereocenters. The van der Waals surface area contributed by atoms with Crippen LogP contribution in [0.2, 0.25) is 0 Å². The van der Waals surface area contributed by atoms with E-state index in [0.717, 1.165) is 83.5 Å². The predicted octanol–water partition coefficient (Wildman–Crippen LogP) is 19.0. The average molecular weight is 917 g/mol. The fourth-order valence-corrected chi connectivity index (χ4v) is 7.51. The minimum Gasteiger partial charge on any atom is -0.462 e. The van der Waals surface area contributed by atoms with Crippen LogP contribution in [0.4, 0.5) is 0 Å². The minimum atomic E-state index is -0.586. The van der Waals surface area contributed by atoms with E-state index in [1.165, 1.54) is 128 Å². The number of hydrogen-bond acceptors (Lipinski definition) is 5. The molecule has 0 aliphatic heterocycles. The summed E-state index contributed by atoms with van der Waals surface area (Å²) >= 11 is 0. The molecule has 0 spiro atoms. The number of esters is 2. The summed E-state index contributed by atoms with van der Waals surface area (Å²) in [7, 11) is 0. The molecule has 0 saturated heterocycles. The Labute approximate surface area is 409 Å². The van der Waals surface area contributed by atoms with Gasteiger partial charge in [0.15, 0.2) is 6.10 Å². The Morgan fingerprint density at radius 2 is 0.712 bits per heavy atom. The molecule has 0 aromatic heterocycles. The lowest BCUT2D eigenvalue weighted by Gasteiger charge is -2.18. The first-order valence-electron chi connectivity index (χ1n) is 27.8. The zero-order valence-electron chi connectivity index (χ0n) is 43.4. The van der Waals surface area contributed by atoms with E-state index in [1.807, 2.05) is 6.08 Å². The monoisotopic (exact) mass is 917 g/mol. The van der Waals surface area contributed by atoms with Gasteiger partial charge in [-0.05, 0) is 89.9 Å². The number of carbonyl (C=O) groups is 2. The summed E-state index contributed by atoms with van der Waals surface area (Å²) in [6, 6.07) is 0. The summed E-state index contributed by atoms with van der Waals surface area (Å²) in [4.78, 5) is 25.4. The van der Waals surface area contributed by atoms with Crippen LogP contribution in [0.5, 0.6) is 0 Å². The lowest BCUT2D eigenvalue weighted by atomic mass is 10.0. The van der Waals surface area contributed by atoms with Crippen molar-refractivity contribution < 1.29 is 23.8 Å². The van der Waals surface area contributed by atoms with Gasteiger partial charge >= 0.3 is 11.9 Å². The molecule has 0 saturated carbocycles. The van der Waals surface area contributed by atoms with Gasteiger partial charge in [0.05, 0.1) is 6.61 Å². The summed E-state index contributed by atoms with van der Waals surface area (Å²) in [5.74, 6) is -0.507. The van der Waals surface area contributed by atoms with E-state index < -0.39 is 6.10 Å². The van der Waals surface area contributed by atoms with Crippen molar-refractivity contribution in [1.29, 1.82) is 0 Å². The van der Waals surface area contributed by atoms with Gasteiger partial charge in [0, 0.05) is 19.4 Å². The molecule has 378 valence electrons. The quantitative estimate of drug-likeness (QED) is 0.0346. The van der Waals surface area contributed by atoms with Crippen LogP contribution in [-0.4, -0.2) is 37.9 Å². The van der Waals surface area contributed by atoms with E-state index in [1.54, 1.807) is 0 Å². The lowest BCUT2D eigenvalue weighted by molar-refractivity contribution is -0.162. The van der Waals surface area contributed by atoms with Crippen molar-refractivity contribution in [3.8, 4) is 0 Å². The van der Waals surface area contributed by atoms with E-state index in [-0.39, 0.29) is 31.6 Å². The molecule has 0 aromatic carbocycles. The van der Waals surface area contributed by atoms with Gasteiger partial charge in [-0.1, -0.05) is 246 Å². The van der Waals surface area contributed by atoms with Crippen LogP contribution in [0, 0.1) is 0 Å². The smallest absolute Gasteiger partial charge is 0.306 e. The second-order valence-corrected chi connectivity index (χ2v) is 18.1. The molecular formula is C61H104O5. The summed E-state index contributed by atoms with van der Waals surface area (Å²) in [6.07, 6.45) is 75.8. The third-order valence-corrected chi connectivity index (χ3v) is 11.6. The highest BCUT2D eigenvalue weighted by molar-refractivity contribution is 5.70. The van der Waals surface area contributed by atoms with E-state index in [4.69, 9.17) is 14.2 Å². The summed E-state index contributed by atoms with van der Waals surface area (Å²) in [6.45, 7) is 7.61. The van der Waals surface area contributed by atoms with Gasteiger partial charge in [-0.15, -0.1) is 0 Å². The van der Waals surface area contributed by atoms with Crippen LogP contribution >= 0.6 is 0 Å². The highest BCUT2D eigenvalue weighted by atomic mass is 16.6. The summed E-state index contributed by atoms with van der Waals surface area (Å²) in [5.41, 5.74) is 0. The fraction of sp³-hybridized carbons (Fsp3) is 0.705. The van der Waals surface area contributed by atoms with Crippen molar-refractivity contribution in [3.05, 3.63) is 97.2 Å². The molecule has 5 heteroatoms. The molecule has 0 heterocycles. The number of allylic oxidation sites excluding steroid dienone is 16. The highest BCUT2D eigenvalue weighted by Crippen LogP contribution is 2.15. The van der Waals surface area contributed by atoms with E-state index in [0.29, 0.717) is 19.4 Å². The largest absolute Gasteiger partial charge is 0.462 e. The molecule has 0 N–H and O–H groups in total. The Hall–Kier alpha value is -3.18. The molecule has 0 fully saturated rings. The SMILES string of the molecule is CC/C=C\C/C=C\C/C=C\C/C=C\C/C=C\C/C=C\CCC(=O)O[C@H](COCCCCCCCCCCCCCCCCCC)COC(=O)CCCCCCC/C=C\C/C=C\CCCCC. The Kier molecular flexibility index (Phi) is 53.4. The third kappa shape index (κ3) is 53.4. The molecule has 0 unspecified atom stereocenters. The molecule has 0 aromatic rings. The van der Waals surface area contributed by atoms with Crippen molar-refractivity contribution in [2.45, 2.75) is 258 Å². The van der Waals surface area contributed by atoms with Crippen LogP contribution in [0.25, 0.3) is 0 Å². The molecule has 0 aliphatic rings. The minimum absolute atomic E-state index is 0.0453. The maximum Gasteiger partial charge on any atom is 0.306 e. The van der Waals surface area contributed by atoms with Gasteiger partial charge in [-0.2, -0.15) is 0 Å². The zero-order chi connectivity index (χ0) is 47.7. The zero-order valence-corrected chi connectivity index (χ0v) is 43.4. The normalized spacial score (nSPS) is 13.0. The maximum absolute atomic E-state index is 12.8. The van der Waals surface area contributed by atoms with E-state index in [9.17, 15) is 9.59 Å². The number of hydrogen-bond donors (Lipinski definition) is 0. The lowest BCUT2D eigenvalue weighted by Crippen LogP contribution is -2.30. The molecule has 66 heavy (non-hydrogen) atoms.